The second-order valence-electron chi connectivity index (χ2n) is 13.1. The third kappa shape index (κ3) is 9.13. The third-order valence-electron chi connectivity index (χ3n) is 9.48. The summed E-state index contributed by atoms with van der Waals surface area (Å²) < 4.78 is 11.6. The van der Waals surface area contributed by atoms with E-state index in [0.29, 0.717) is 12.0 Å². The van der Waals surface area contributed by atoms with Crippen LogP contribution in [0.4, 0.5) is 4.79 Å². The van der Waals surface area contributed by atoms with Crippen molar-refractivity contribution in [2.45, 2.75) is 49.8 Å². The number of benzene rings is 4. The molecule has 10 nitrogen and oxygen atoms in total. The first-order valence-electron chi connectivity index (χ1n) is 17.6. The minimum atomic E-state index is -1.07. The van der Waals surface area contributed by atoms with Gasteiger partial charge < -0.3 is 30.5 Å². The Morgan fingerprint density at radius 2 is 1.44 bits per heavy atom. The van der Waals surface area contributed by atoms with Crippen molar-refractivity contribution in [3.63, 3.8) is 0 Å². The second-order valence-corrected chi connectivity index (χ2v) is 13.1. The fraction of sp³-hybridized carbons (Fsp3) is 0.286. The topological polar surface area (TPSA) is 143 Å². The van der Waals surface area contributed by atoms with Gasteiger partial charge in [-0.3, -0.25) is 9.59 Å². The average molecular weight is 702 g/mol. The number of aliphatic hydroxyl groups is 1. The molecule has 0 fully saturated rings. The summed E-state index contributed by atoms with van der Waals surface area (Å²) in [4.78, 5) is 53.4. The van der Waals surface area contributed by atoms with E-state index in [4.69, 9.17) is 9.47 Å². The highest BCUT2D eigenvalue weighted by molar-refractivity contribution is 5.86. The van der Waals surface area contributed by atoms with Crippen molar-refractivity contribution in [3.8, 4) is 11.1 Å². The molecule has 1 heterocycles. The fourth-order valence-electron chi connectivity index (χ4n) is 6.80. The van der Waals surface area contributed by atoms with Gasteiger partial charge in [-0.25, -0.2) is 9.59 Å². The molecule has 10 heteroatoms. The number of ether oxygens (including phenoxy) is 2. The molecule has 0 radical (unpaired) electrons. The molecular formula is C42H43N3O7. The molecule has 6 rings (SSSR count). The van der Waals surface area contributed by atoms with E-state index >= 15 is 0 Å². The zero-order valence-corrected chi connectivity index (χ0v) is 28.8. The summed E-state index contributed by atoms with van der Waals surface area (Å²) in [6.45, 7) is -0.205. The number of fused-ring (bicyclic) bond motifs is 3. The average Bonchev–Trinajstić information content (AvgIpc) is 3.49. The van der Waals surface area contributed by atoms with Gasteiger partial charge in [0.2, 0.25) is 11.8 Å². The number of cyclic esters (lactones) is 1. The highest BCUT2D eigenvalue weighted by Crippen LogP contribution is 2.44. The molecule has 4 aromatic rings. The molecule has 0 saturated heterocycles. The number of carbonyl (C=O) groups is 4. The Bertz CT molecular complexity index is 1840. The lowest BCUT2D eigenvalue weighted by molar-refractivity contribution is -0.152. The fourth-order valence-corrected chi connectivity index (χ4v) is 6.80. The molecule has 2 aliphatic rings. The Morgan fingerprint density at radius 1 is 0.827 bits per heavy atom. The molecule has 1 aliphatic carbocycles. The predicted octanol–water partition coefficient (Wildman–Crippen LogP) is 5.37. The van der Waals surface area contributed by atoms with Gasteiger partial charge in [-0.15, -0.1) is 0 Å². The largest absolute Gasteiger partial charge is 0.454 e. The van der Waals surface area contributed by atoms with Crippen LogP contribution in [0.25, 0.3) is 11.1 Å². The summed E-state index contributed by atoms with van der Waals surface area (Å²) in [7, 11) is 0. The Labute approximate surface area is 303 Å². The first-order chi connectivity index (χ1) is 25.4. The maximum atomic E-state index is 13.6. The van der Waals surface area contributed by atoms with Crippen LogP contribution in [-0.2, 0) is 30.3 Å². The van der Waals surface area contributed by atoms with E-state index in [0.717, 1.165) is 27.8 Å². The van der Waals surface area contributed by atoms with Crippen molar-refractivity contribution in [1.29, 1.82) is 0 Å². The van der Waals surface area contributed by atoms with E-state index in [1.165, 1.54) is 0 Å². The molecule has 52 heavy (non-hydrogen) atoms. The minimum absolute atomic E-state index is 0.0403. The smallest absolute Gasteiger partial charge is 0.407 e. The Morgan fingerprint density at radius 3 is 2.12 bits per heavy atom. The molecule has 4 aromatic carbocycles. The van der Waals surface area contributed by atoms with E-state index in [-0.39, 0.29) is 56.8 Å². The molecule has 0 unspecified atom stereocenters. The van der Waals surface area contributed by atoms with Crippen LogP contribution < -0.4 is 16.0 Å². The van der Waals surface area contributed by atoms with Crippen molar-refractivity contribution >= 4 is 23.9 Å². The maximum absolute atomic E-state index is 13.6. The van der Waals surface area contributed by atoms with Crippen molar-refractivity contribution < 1.29 is 33.8 Å². The summed E-state index contributed by atoms with van der Waals surface area (Å²) in [6.07, 6.45) is 2.43. The third-order valence-corrected chi connectivity index (χ3v) is 9.48. The Hall–Kier alpha value is -5.74. The summed E-state index contributed by atoms with van der Waals surface area (Å²) >= 11 is 0. The SMILES string of the molecule is O=C(C[C@H]1C/C=C\C[C@H](NC(=O)OCC2c3ccccc3-c3ccccc32)C(=O)O[C@H](c2ccccc2)CNC1=O)N[C@H](CO)Cc1ccccc1. The van der Waals surface area contributed by atoms with E-state index in [1.54, 1.807) is 36.4 Å². The van der Waals surface area contributed by atoms with Gasteiger partial charge in [-0.2, -0.15) is 0 Å². The van der Waals surface area contributed by atoms with E-state index in [2.05, 4.69) is 28.1 Å². The van der Waals surface area contributed by atoms with Crippen LogP contribution in [0.3, 0.4) is 0 Å². The lowest BCUT2D eigenvalue weighted by Crippen LogP contribution is -2.44. The number of hydrogen-bond donors (Lipinski definition) is 4. The van der Waals surface area contributed by atoms with Crippen molar-refractivity contribution in [3.05, 3.63) is 144 Å². The molecule has 0 spiro atoms. The highest BCUT2D eigenvalue weighted by Gasteiger charge is 2.31. The van der Waals surface area contributed by atoms with Gasteiger partial charge in [-0.05, 0) is 52.6 Å². The summed E-state index contributed by atoms with van der Waals surface area (Å²) in [6, 6.07) is 33.0. The lowest BCUT2D eigenvalue weighted by Gasteiger charge is -2.25. The van der Waals surface area contributed by atoms with Crippen LogP contribution in [0, 0.1) is 5.92 Å². The molecule has 4 atom stereocenters. The molecule has 3 amide bonds. The van der Waals surface area contributed by atoms with E-state index in [1.807, 2.05) is 72.8 Å². The van der Waals surface area contributed by atoms with Crippen LogP contribution in [0.15, 0.2) is 121 Å². The van der Waals surface area contributed by atoms with Crippen molar-refractivity contribution in [2.24, 2.45) is 5.92 Å². The summed E-state index contributed by atoms with van der Waals surface area (Å²) in [5, 5.41) is 18.4. The van der Waals surface area contributed by atoms with Crippen LogP contribution in [0.1, 0.15) is 53.5 Å². The number of hydrogen-bond acceptors (Lipinski definition) is 7. The molecule has 4 N–H and O–H groups in total. The molecular weight excluding hydrogens is 658 g/mol. The number of alkyl carbamates (subject to hydrolysis) is 1. The van der Waals surface area contributed by atoms with Gasteiger partial charge >= 0.3 is 12.1 Å². The number of aliphatic hydroxyl groups excluding tert-OH is 1. The van der Waals surface area contributed by atoms with Gasteiger partial charge in [0.25, 0.3) is 0 Å². The number of rotatable bonds is 10. The normalized spacial score (nSPS) is 20.1. The lowest BCUT2D eigenvalue weighted by atomic mass is 9.97. The summed E-state index contributed by atoms with van der Waals surface area (Å²) in [5.41, 5.74) is 5.99. The number of nitrogens with one attached hydrogen (secondary N) is 3. The van der Waals surface area contributed by atoms with Gasteiger partial charge in [0.05, 0.1) is 25.1 Å². The van der Waals surface area contributed by atoms with Crippen LogP contribution >= 0.6 is 0 Å². The molecule has 0 bridgehead atoms. The van der Waals surface area contributed by atoms with E-state index < -0.39 is 36.2 Å². The zero-order chi connectivity index (χ0) is 36.3. The van der Waals surface area contributed by atoms with Crippen LogP contribution in [0.5, 0.6) is 0 Å². The number of carbonyl (C=O) groups excluding carboxylic acids is 4. The quantitative estimate of drug-likeness (QED) is 0.129. The number of amides is 3. The van der Waals surface area contributed by atoms with Crippen LogP contribution in [-0.4, -0.2) is 60.8 Å². The first kappa shape index (κ1) is 36.1. The molecule has 268 valence electrons. The predicted molar refractivity (Wildman–Crippen MR) is 196 cm³/mol. The van der Waals surface area contributed by atoms with Crippen LogP contribution in [0.2, 0.25) is 0 Å². The molecule has 0 aromatic heterocycles. The van der Waals surface area contributed by atoms with Gasteiger partial charge in [0.15, 0.2) is 0 Å². The standard InChI is InChI=1S/C42H43N3O7/c46-26-31(23-28-13-3-1-4-14-28)44-39(47)24-30-17-7-12-22-37(41(49)52-38(25-43-40(30)48)29-15-5-2-6-16-29)45-42(50)51-27-36-34-20-10-8-18-32(34)33-19-9-11-21-35(33)36/h1-16,18-21,30-31,36-38,46H,17,22-27H2,(H,43,48)(H,44,47)(H,45,50)/b12-7-/t30-,31+,37+,38+/m1/s1. The summed E-state index contributed by atoms with van der Waals surface area (Å²) in [5.74, 6) is -2.28. The van der Waals surface area contributed by atoms with Crippen molar-refractivity contribution in [2.75, 3.05) is 19.8 Å². The zero-order valence-electron chi connectivity index (χ0n) is 28.8. The molecule has 0 saturated carbocycles. The number of allylic oxidation sites excluding steroid dienone is 1. The minimum Gasteiger partial charge on any atom is -0.454 e. The first-order valence-corrected chi connectivity index (χ1v) is 17.6. The second kappa shape index (κ2) is 17.5. The number of esters is 1. The van der Waals surface area contributed by atoms with Gasteiger partial charge in [-0.1, -0.05) is 121 Å². The monoisotopic (exact) mass is 701 g/mol. The maximum Gasteiger partial charge on any atom is 0.407 e. The van der Waals surface area contributed by atoms with Gasteiger partial charge in [0, 0.05) is 12.3 Å². The molecule has 1 aliphatic heterocycles. The van der Waals surface area contributed by atoms with E-state index in [9.17, 15) is 24.3 Å². The van der Waals surface area contributed by atoms with Crippen molar-refractivity contribution in [1.82, 2.24) is 16.0 Å². The highest BCUT2D eigenvalue weighted by atomic mass is 16.6. The Kier molecular flexibility index (Phi) is 12.1. The Balaban J connectivity index is 1.13. The van der Waals surface area contributed by atoms with Gasteiger partial charge in [0.1, 0.15) is 18.8 Å².